The van der Waals surface area contributed by atoms with Crippen LogP contribution in [0, 0.1) is 13.8 Å². The summed E-state index contributed by atoms with van der Waals surface area (Å²) in [6.45, 7) is 5.90. The molecular weight excluding hydrogens is 398 g/mol. The molecular formula is C21H27N7OS. The maximum Gasteiger partial charge on any atom is 0.192 e. The number of hydrogen-bond acceptors (Lipinski definition) is 6. The van der Waals surface area contributed by atoms with Gasteiger partial charge in [-0.25, -0.2) is 9.98 Å². The first-order chi connectivity index (χ1) is 14.6. The van der Waals surface area contributed by atoms with Crippen molar-refractivity contribution >= 4 is 17.3 Å². The van der Waals surface area contributed by atoms with Crippen LogP contribution in [-0.4, -0.2) is 38.9 Å². The molecule has 1 aromatic carbocycles. The van der Waals surface area contributed by atoms with Crippen molar-refractivity contribution < 1.29 is 4.74 Å². The minimum absolute atomic E-state index is 0.143. The number of aliphatic imine (C=N–C) groups is 1. The van der Waals surface area contributed by atoms with Crippen molar-refractivity contribution in [3.8, 4) is 5.75 Å². The van der Waals surface area contributed by atoms with Crippen LogP contribution in [0.15, 0.2) is 35.5 Å². The Labute approximate surface area is 180 Å². The zero-order valence-electron chi connectivity index (χ0n) is 17.6. The lowest BCUT2D eigenvalue weighted by Crippen LogP contribution is -2.42. The van der Waals surface area contributed by atoms with Crippen molar-refractivity contribution in [2.24, 2.45) is 12.0 Å². The van der Waals surface area contributed by atoms with Crippen molar-refractivity contribution in [3.05, 3.63) is 57.6 Å². The molecule has 0 radical (unpaired) electrons. The standard InChI is InChI=1S/C21H27N7OS/c1-14-12-23-20(30-14)8-10-22-21(24-13-19-27-26-15(2)28(19)3)25-17-9-11-29-18-7-5-4-6-16(17)18/h4-7,12,17H,8-11,13H2,1-3H3,(H2,22,24,25). The predicted octanol–water partition coefficient (Wildman–Crippen LogP) is 2.69. The third-order valence-electron chi connectivity index (χ3n) is 5.13. The summed E-state index contributed by atoms with van der Waals surface area (Å²) in [5.74, 6) is 3.39. The highest BCUT2D eigenvalue weighted by molar-refractivity contribution is 7.11. The summed E-state index contributed by atoms with van der Waals surface area (Å²) < 4.78 is 7.76. The van der Waals surface area contributed by atoms with E-state index >= 15 is 0 Å². The highest BCUT2D eigenvalue weighted by Crippen LogP contribution is 2.31. The Hall–Kier alpha value is -2.94. The maximum atomic E-state index is 5.80. The Balaban J connectivity index is 1.47. The molecule has 0 spiro atoms. The molecule has 0 saturated carbocycles. The summed E-state index contributed by atoms with van der Waals surface area (Å²) in [5.41, 5.74) is 1.16. The minimum Gasteiger partial charge on any atom is -0.493 e. The lowest BCUT2D eigenvalue weighted by atomic mass is 10.0. The first-order valence-corrected chi connectivity index (χ1v) is 10.9. The van der Waals surface area contributed by atoms with Gasteiger partial charge in [0.25, 0.3) is 0 Å². The molecule has 3 heterocycles. The van der Waals surface area contributed by atoms with Gasteiger partial charge in [0.15, 0.2) is 11.8 Å². The van der Waals surface area contributed by atoms with E-state index < -0.39 is 0 Å². The normalized spacial score (nSPS) is 16.1. The number of aromatic nitrogens is 4. The van der Waals surface area contributed by atoms with Crippen LogP contribution in [0.3, 0.4) is 0 Å². The van der Waals surface area contributed by atoms with Crippen molar-refractivity contribution in [1.29, 1.82) is 0 Å². The second kappa shape index (κ2) is 9.25. The number of nitrogens with zero attached hydrogens (tertiary/aromatic N) is 5. The molecule has 1 atom stereocenters. The van der Waals surface area contributed by atoms with Crippen molar-refractivity contribution in [3.63, 3.8) is 0 Å². The molecule has 30 heavy (non-hydrogen) atoms. The van der Waals surface area contributed by atoms with Crippen LogP contribution in [0.5, 0.6) is 5.75 Å². The number of hydrogen-bond donors (Lipinski definition) is 2. The molecule has 2 aromatic heterocycles. The lowest BCUT2D eigenvalue weighted by molar-refractivity contribution is 0.261. The van der Waals surface area contributed by atoms with Gasteiger partial charge in [0.2, 0.25) is 0 Å². The van der Waals surface area contributed by atoms with Gasteiger partial charge in [-0.05, 0) is 19.9 Å². The van der Waals surface area contributed by atoms with Crippen LogP contribution in [0.2, 0.25) is 0 Å². The largest absolute Gasteiger partial charge is 0.493 e. The molecule has 8 nitrogen and oxygen atoms in total. The van der Waals surface area contributed by atoms with Gasteiger partial charge in [-0.15, -0.1) is 21.5 Å². The van der Waals surface area contributed by atoms with Gasteiger partial charge in [-0.3, -0.25) is 0 Å². The van der Waals surface area contributed by atoms with Crippen LogP contribution in [0.1, 0.15) is 39.6 Å². The Morgan fingerprint density at radius 2 is 2.17 bits per heavy atom. The number of rotatable bonds is 6. The molecule has 2 N–H and O–H groups in total. The quantitative estimate of drug-likeness (QED) is 0.466. The highest BCUT2D eigenvalue weighted by atomic mass is 32.1. The van der Waals surface area contributed by atoms with Crippen molar-refractivity contribution in [2.45, 2.75) is 39.3 Å². The van der Waals surface area contributed by atoms with Crippen LogP contribution in [0.25, 0.3) is 0 Å². The number of fused-ring (bicyclic) bond motifs is 1. The lowest BCUT2D eigenvalue weighted by Gasteiger charge is -2.28. The first kappa shape index (κ1) is 20.3. The van der Waals surface area contributed by atoms with Gasteiger partial charge < -0.3 is 19.9 Å². The number of benzene rings is 1. The van der Waals surface area contributed by atoms with E-state index in [0.717, 1.165) is 53.3 Å². The molecule has 0 aliphatic carbocycles. The number of nitrogens with one attached hydrogen (secondary N) is 2. The number of aryl methyl sites for hydroxylation is 2. The van der Waals surface area contributed by atoms with Gasteiger partial charge in [-0.2, -0.15) is 0 Å². The van der Waals surface area contributed by atoms with Crippen LogP contribution < -0.4 is 15.4 Å². The van der Waals surface area contributed by atoms with E-state index in [2.05, 4.69) is 38.8 Å². The molecule has 1 unspecified atom stereocenters. The average molecular weight is 426 g/mol. The summed E-state index contributed by atoms with van der Waals surface area (Å²) in [6, 6.07) is 8.30. The summed E-state index contributed by atoms with van der Waals surface area (Å²) in [6.07, 6.45) is 3.65. The van der Waals surface area contributed by atoms with Crippen LogP contribution in [0.4, 0.5) is 0 Å². The summed E-state index contributed by atoms with van der Waals surface area (Å²) in [7, 11) is 1.96. The fraction of sp³-hybridized carbons (Fsp3) is 0.429. The van der Waals surface area contributed by atoms with Gasteiger partial charge >= 0.3 is 0 Å². The van der Waals surface area contributed by atoms with Crippen molar-refractivity contribution in [1.82, 2.24) is 30.4 Å². The number of thiazole rings is 1. The summed E-state index contributed by atoms with van der Waals surface area (Å²) >= 11 is 1.73. The van der Waals surface area contributed by atoms with Gasteiger partial charge in [0.05, 0.1) is 17.7 Å². The third-order valence-corrected chi connectivity index (χ3v) is 6.10. The molecule has 0 fully saturated rings. The Morgan fingerprint density at radius 1 is 1.30 bits per heavy atom. The maximum absolute atomic E-state index is 5.80. The van der Waals surface area contributed by atoms with Gasteiger partial charge in [0, 0.05) is 43.1 Å². The predicted molar refractivity (Wildman–Crippen MR) is 118 cm³/mol. The second-order valence-electron chi connectivity index (χ2n) is 7.30. The molecule has 0 amide bonds. The summed E-state index contributed by atoms with van der Waals surface area (Å²) in [5, 5.41) is 16.5. The van der Waals surface area contributed by atoms with Crippen LogP contribution >= 0.6 is 11.3 Å². The summed E-state index contributed by atoms with van der Waals surface area (Å²) in [4.78, 5) is 10.5. The first-order valence-electron chi connectivity index (χ1n) is 10.1. The van der Waals surface area contributed by atoms with E-state index in [-0.39, 0.29) is 6.04 Å². The van der Waals surface area contributed by atoms with Crippen molar-refractivity contribution in [2.75, 3.05) is 13.2 Å². The zero-order chi connectivity index (χ0) is 20.9. The SMILES string of the molecule is Cc1cnc(CCNC(=NCc2nnc(C)n2C)NC2CCOc3ccccc32)s1. The van der Waals surface area contributed by atoms with E-state index in [4.69, 9.17) is 9.73 Å². The number of ether oxygens (including phenoxy) is 1. The molecule has 4 rings (SSSR count). The smallest absolute Gasteiger partial charge is 0.192 e. The Bertz CT molecular complexity index is 1030. The molecule has 0 bridgehead atoms. The molecule has 158 valence electrons. The van der Waals surface area contributed by atoms with E-state index in [0.29, 0.717) is 13.2 Å². The monoisotopic (exact) mass is 425 g/mol. The Kier molecular flexibility index (Phi) is 6.27. The highest BCUT2D eigenvalue weighted by Gasteiger charge is 2.22. The molecule has 9 heteroatoms. The fourth-order valence-electron chi connectivity index (χ4n) is 3.35. The van der Waals surface area contributed by atoms with E-state index in [9.17, 15) is 0 Å². The molecule has 1 aliphatic rings. The van der Waals surface area contributed by atoms with E-state index in [1.165, 1.54) is 4.88 Å². The van der Waals surface area contributed by atoms with E-state index in [1.807, 2.05) is 42.9 Å². The second-order valence-corrected chi connectivity index (χ2v) is 8.62. The molecule has 3 aromatic rings. The number of guanidine groups is 1. The van der Waals surface area contributed by atoms with Gasteiger partial charge in [0.1, 0.15) is 18.1 Å². The molecule has 0 saturated heterocycles. The fourth-order valence-corrected chi connectivity index (χ4v) is 4.14. The van der Waals surface area contributed by atoms with Crippen LogP contribution in [-0.2, 0) is 20.0 Å². The minimum atomic E-state index is 0.143. The van der Waals surface area contributed by atoms with Gasteiger partial charge in [-0.1, -0.05) is 18.2 Å². The third kappa shape index (κ3) is 4.79. The number of para-hydroxylation sites is 1. The zero-order valence-corrected chi connectivity index (χ0v) is 18.4. The Morgan fingerprint density at radius 3 is 2.93 bits per heavy atom. The van der Waals surface area contributed by atoms with E-state index in [1.54, 1.807) is 11.3 Å². The topological polar surface area (TPSA) is 89.3 Å². The average Bonchev–Trinajstić information content (AvgIpc) is 3.31. The molecule has 1 aliphatic heterocycles.